The van der Waals surface area contributed by atoms with Gasteiger partial charge in [-0.1, -0.05) is 26.0 Å². The van der Waals surface area contributed by atoms with Crippen LogP contribution in [0.25, 0.3) is 0 Å². The zero-order valence-corrected chi connectivity index (χ0v) is 16.0. The monoisotopic (exact) mass is 383 g/mol. The topological polar surface area (TPSA) is 91.8 Å². The molecule has 0 spiro atoms. The number of aliphatic hydroxyl groups is 1. The summed E-state index contributed by atoms with van der Waals surface area (Å²) in [5.41, 5.74) is 1.74. The Morgan fingerprint density at radius 2 is 2.07 bits per heavy atom. The number of carbonyl (C=O) groups excluding carboxylic acids is 2. The van der Waals surface area contributed by atoms with Crippen LogP contribution in [-0.2, 0) is 9.53 Å². The van der Waals surface area contributed by atoms with Gasteiger partial charge >= 0.3 is 0 Å². The number of aromatic nitrogens is 1. The van der Waals surface area contributed by atoms with Gasteiger partial charge in [-0.2, -0.15) is 0 Å². The minimum absolute atomic E-state index is 0.0508. The van der Waals surface area contributed by atoms with Gasteiger partial charge in [-0.15, -0.1) is 0 Å². The van der Waals surface area contributed by atoms with E-state index in [4.69, 9.17) is 4.74 Å². The molecule has 0 radical (unpaired) electrons. The van der Waals surface area contributed by atoms with Crippen LogP contribution in [0.3, 0.4) is 0 Å². The number of carbonyl (C=O) groups is 2. The van der Waals surface area contributed by atoms with Crippen LogP contribution in [0.5, 0.6) is 0 Å². The van der Waals surface area contributed by atoms with Gasteiger partial charge in [0.15, 0.2) is 0 Å². The van der Waals surface area contributed by atoms with E-state index in [0.29, 0.717) is 35.9 Å². The summed E-state index contributed by atoms with van der Waals surface area (Å²) < 4.78 is 5.36. The first-order valence-corrected chi connectivity index (χ1v) is 9.32. The van der Waals surface area contributed by atoms with E-state index in [1.807, 2.05) is 13.8 Å². The normalized spacial score (nSPS) is 18.2. The Kier molecular flexibility index (Phi) is 6.38. The van der Waals surface area contributed by atoms with Crippen LogP contribution in [0, 0.1) is 5.92 Å². The van der Waals surface area contributed by atoms with Crippen molar-refractivity contribution in [1.82, 2.24) is 9.88 Å². The van der Waals surface area contributed by atoms with Crippen molar-refractivity contribution in [2.24, 2.45) is 5.92 Å². The smallest absolute Gasteiger partial charge is 0.257 e. The van der Waals surface area contributed by atoms with Crippen molar-refractivity contribution >= 4 is 17.5 Å². The van der Waals surface area contributed by atoms with Crippen molar-refractivity contribution < 1.29 is 19.4 Å². The fraction of sp³-hybridized carbons (Fsp3) is 0.381. The summed E-state index contributed by atoms with van der Waals surface area (Å²) in [4.78, 5) is 30.1. The molecule has 2 heterocycles. The standard InChI is InChI=1S/C21H25N3O4/c1-14(2)11-24-18(12-28-13-19(24)25)20(26)15-5-7-17(8-6-15)23-21(27)16-4-3-9-22-10-16/h3-10,14,18,20,26H,11-13H2,1-2H3,(H,23,27)/t18-,20-/m1/s1. The van der Waals surface area contributed by atoms with Crippen LogP contribution in [0.1, 0.15) is 35.9 Å². The van der Waals surface area contributed by atoms with Crippen molar-refractivity contribution in [3.05, 3.63) is 59.9 Å². The Bertz CT molecular complexity index is 808. The number of rotatable bonds is 6. The highest BCUT2D eigenvalue weighted by Gasteiger charge is 2.34. The molecule has 1 aromatic heterocycles. The molecule has 7 nitrogen and oxygen atoms in total. The summed E-state index contributed by atoms with van der Waals surface area (Å²) in [6, 6.07) is 9.90. The second kappa shape index (κ2) is 8.95. The molecule has 1 fully saturated rings. The summed E-state index contributed by atoms with van der Waals surface area (Å²) in [5, 5.41) is 13.6. The molecule has 2 atom stereocenters. The molecular formula is C21H25N3O4. The molecule has 2 N–H and O–H groups in total. The quantitative estimate of drug-likeness (QED) is 0.798. The summed E-state index contributed by atoms with van der Waals surface area (Å²) in [6.45, 7) is 4.98. The number of amides is 2. The molecule has 2 aromatic rings. The number of morpholine rings is 1. The van der Waals surface area contributed by atoms with E-state index in [-0.39, 0.29) is 18.4 Å². The Hall–Kier alpha value is -2.77. The summed E-state index contributed by atoms with van der Waals surface area (Å²) in [7, 11) is 0. The second-order valence-corrected chi connectivity index (χ2v) is 7.29. The highest BCUT2D eigenvalue weighted by atomic mass is 16.5. The van der Waals surface area contributed by atoms with Crippen LogP contribution in [0.15, 0.2) is 48.8 Å². The van der Waals surface area contributed by atoms with Gasteiger partial charge in [0.25, 0.3) is 5.91 Å². The molecule has 0 unspecified atom stereocenters. The van der Waals surface area contributed by atoms with Gasteiger partial charge in [-0.05, 0) is 35.7 Å². The van der Waals surface area contributed by atoms with E-state index in [1.165, 1.54) is 6.20 Å². The fourth-order valence-corrected chi connectivity index (χ4v) is 3.20. The van der Waals surface area contributed by atoms with Gasteiger partial charge in [0, 0.05) is 24.6 Å². The van der Waals surface area contributed by atoms with E-state index in [0.717, 1.165) is 0 Å². The lowest BCUT2D eigenvalue weighted by atomic mass is 9.99. The number of hydrogen-bond donors (Lipinski definition) is 2. The van der Waals surface area contributed by atoms with Crippen LogP contribution in [0.4, 0.5) is 5.69 Å². The summed E-state index contributed by atoms with van der Waals surface area (Å²) in [6.07, 6.45) is 2.23. The zero-order valence-electron chi connectivity index (χ0n) is 16.0. The second-order valence-electron chi connectivity index (χ2n) is 7.29. The largest absolute Gasteiger partial charge is 0.386 e. The third-order valence-corrected chi connectivity index (χ3v) is 4.59. The Morgan fingerprint density at radius 1 is 1.32 bits per heavy atom. The molecule has 1 saturated heterocycles. The van der Waals surface area contributed by atoms with E-state index < -0.39 is 12.1 Å². The molecule has 2 amide bonds. The number of hydrogen-bond acceptors (Lipinski definition) is 5. The number of benzene rings is 1. The van der Waals surface area contributed by atoms with Gasteiger partial charge in [-0.3, -0.25) is 14.6 Å². The van der Waals surface area contributed by atoms with E-state index >= 15 is 0 Å². The first-order chi connectivity index (χ1) is 13.5. The predicted molar refractivity (Wildman–Crippen MR) is 105 cm³/mol. The van der Waals surface area contributed by atoms with Crippen molar-refractivity contribution in [2.45, 2.75) is 26.0 Å². The first kappa shape index (κ1) is 20.0. The predicted octanol–water partition coefficient (Wildman–Crippen LogP) is 2.25. The van der Waals surface area contributed by atoms with E-state index in [9.17, 15) is 14.7 Å². The van der Waals surface area contributed by atoms with Gasteiger partial charge < -0.3 is 20.1 Å². The molecule has 3 rings (SSSR count). The van der Waals surface area contributed by atoms with Gasteiger partial charge in [0.05, 0.1) is 18.2 Å². The van der Waals surface area contributed by atoms with E-state index in [2.05, 4.69) is 10.3 Å². The maximum atomic E-state index is 12.2. The lowest BCUT2D eigenvalue weighted by Gasteiger charge is -2.39. The average molecular weight is 383 g/mol. The molecule has 1 aliphatic heterocycles. The van der Waals surface area contributed by atoms with Gasteiger partial charge in [0.1, 0.15) is 12.7 Å². The van der Waals surface area contributed by atoms with E-state index in [1.54, 1.807) is 47.5 Å². The molecule has 7 heteroatoms. The molecule has 1 aliphatic rings. The molecule has 148 valence electrons. The van der Waals surface area contributed by atoms with Crippen LogP contribution < -0.4 is 5.32 Å². The summed E-state index contributed by atoms with van der Waals surface area (Å²) >= 11 is 0. The zero-order chi connectivity index (χ0) is 20.1. The number of aliphatic hydroxyl groups excluding tert-OH is 1. The third-order valence-electron chi connectivity index (χ3n) is 4.59. The number of nitrogens with zero attached hydrogens (tertiary/aromatic N) is 2. The van der Waals surface area contributed by atoms with Crippen molar-refractivity contribution in [2.75, 3.05) is 25.1 Å². The molecule has 28 heavy (non-hydrogen) atoms. The van der Waals surface area contributed by atoms with Gasteiger partial charge in [-0.25, -0.2) is 0 Å². The minimum atomic E-state index is -0.869. The third kappa shape index (κ3) is 4.74. The average Bonchev–Trinajstić information content (AvgIpc) is 2.70. The number of ether oxygens (including phenoxy) is 1. The molecular weight excluding hydrogens is 358 g/mol. The first-order valence-electron chi connectivity index (χ1n) is 9.32. The fourth-order valence-electron chi connectivity index (χ4n) is 3.20. The van der Waals surface area contributed by atoms with Gasteiger partial charge in [0.2, 0.25) is 5.91 Å². The Morgan fingerprint density at radius 3 is 2.71 bits per heavy atom. The van der Waals surface area contributed by atoms with Crippen molar-refractivity contribution in [3.8, 4) is 0 Å². The number of pyridine rings is 1. The molecule has 0 saturated carbocycles. The highest BCUT2D eigenvalue weighted by Crippen LogP contribution is 2.26. The highest BCUT2D eigenvalue weighted by molar-refractivity contribution is 6.04. The lowest BCUT2D eigenvalue weighted by Crippen LogP contribution is -2.53. The Labute approximate surface area is 164 Å². The van der Waals surface area contributed by atoms with Crippen molar-refractivity contribution in [1.29, 1.82) is 0 Å². The van der Waals surface area contributed by atoms with Crippen LogP contribution in [0.2, 0.25) is 0 Å². The SMILES string of the molecule is CC(C)CN1C(=O)COC[C@@H]1[C@H](O)c1ccc(NC(=O)c2cccnc2)cc1. The summed E-state index contributed by atoms with van der Waals surface area (Å²) in [5.74, 6) is -0.0676. The van der Waals surface area contributed by atoms with Crippen LogP contribution in [-0.4, -0.2) is 52.6 Å². The number of anilines is 1. The maximum absolute atomic E-state index is 12.2. The number of nitrogens with one attached hydrogen (secondary N) is 1. The maximum Gasteiger partial charge on any atom is 0.257 e. The lowest BCUT2D eigenvalue weighted by molar-refractivity contribution is -0.155. The molecule has 0 bridgehead atoms. The molecule has 0 aliphatic carbocycles. The molecule has 1 aromatic carbocycles. The Balaban J connectivity index is 1.69. The van der Waals surface area contributed by atoms with Crippen molar-refractivity contribution in [3.63, 3.8) is 0 Å². The minimum Gasteiger partial charge on any atom is -0.386 e. The van der Waals surface area contributed by atoms with Crippen LogP contribution >= 0.6 is 0 Å².